The molecule has 0 amide bonds. The van der Waals surface area contributed by atoms with E-state index in [2.05, 4.69) is 0 Å². The Kier molecular flexibility index (Phi) is 2.52. The van der Waals surface area contributed by atoms with Crippen LogP contribution in [0.2, 0.25) is 0 Å². The summed E-state index contributed by atoms with van der Waals surface area (Å²) in [5.41, 5.74) is 0.0908. The zero-order chi connectivity index (χ0) is 9.30. The highest BCUT2D eigenvalue weighted by Crippen LogP contribution is 2.26. The SMILES string of the molecule is CC(=O)C1=C([O-])CC(C)CC1O. The second kappa shape index (κ2) is 3.27. The Bertz CT molecular complexity index is 230. The first kappa shape index (κ1) is 9.26. The van der Waals surface area contributed by atoms with Crippen molar-refractivity contribution in [3.05, 3.63) is 11.3 Å². The maximum atomic E-state index is 11.2. The van der Waals surface area contributed by atoms with E-state index in [0.29, 0.717) is 12.8 Å². The van der Waals surface area contributed by atoms with Gasteiger partial charge in [-0.15, -0.1) is 5.76 Å². The maximum Gasteiger partial charge on any atom is 0.157 e. The summed E-state index contributed by atoms with van der Waals surface area (Å²) in [6.45, 7) is 3.23. The largest absolute Gasteiger partial charge is 0.875 e. The molecule has 1 rings (SSSR count). The van der Waals surface area contributed by atoms with Crippen molar-refractivity contribution < 1.29 is 15.0 Å². The molecule has 0 aromatic heterocycles. The van der Waals surface area contributed by atoms with E-state index >= 15 is 0 Å². The molecule has 1 aliphatic carbocycles. The van der Waals surface area contributed by atoms with Crippen LogP contribution in [0.5, 0.6) is 0 Å². The Hall–Kier alpha value is -0.830. The third-order valence-electron chi connectivity index (χ3n) is 2.17. The van der Waals surface area contributed by atoms with Gasteiger partial charge in [0.1, 0.15) is 0 Å². The third kappa shape index (κ3) is 1.67. The van der Waals surface area contributed by atoms with E-state index in [-0.39, 0.29) is 23.0 Å². The molecule has 0 saturated carbocycles. The Labute approximate surface area is 71.7 Å². The molecule has 0 fully saturated rings. The van der Waals surface area contributed by atoms with Crippen LogP contribution in [0.4, 0.5) is 0 Å². The predicted molar refractivity (Wildman–Crippen MR) is 42.1 cm³/mol. The topological polar surface area (TPSA) is 60.4 Å². The van der Waals surface area contributed by atoms with Gasteiger partial charge in [0.05, 0.1) is 6.10 Å². The van der Waals surface area contributed by atoms with Crippen molar-refractivity contribution in [3.8, 4) is 0 Å². The highest BCUT2D eigenvalue weighted by molar-refractivity contribution is 5.94. The van der Waals surface area contributed by atoms with Gasteiger partial charge in [0.25, 0.3) is 0 Å². The third-order valence-corrected chi connectivity index (χ3v) is 2.17. The summed E-state index contributed by atoms with van der Waals surface area (Å²) in [6, 6.07) is 0. The fraction of sp³-hybridized carbons (Fsp3) is 0.667. The van der Waals surface area contributed by atoms with E-state index < -0.39 is 6.10 Å². The molecule has 12 heavy (non-hydrogen) atoms. The van der Waals surface area contributed by atoms with Crippen molar-refractivity contribution in [2.24, 2.45) is 5.92 Å². The zero-order valence-corrected chi connectivity index (χ0v) is 7.33. The highest BCUT2D eigenvalue weighted by atomic mass is 16.3. The number of aliphatic hydroxyl groups excluding tert-OH is 1. The van der Waals surface area contributed by atoms with Gasteiger partial charge < -0.3 is 10.2 Å². The van der Waals surface area contributed by atoms with E-state index in [1.54, 1.807) is 0 Å². The molecule has 2 atom stereocenters. The molecule has 0 aliphatic heterocycles. The monoisotopic (exact) mass is 169 g/mol. The van der Waals surface area contributed by atoms with Crippen LogP contribution < -0.4 is 5.11 Å². The van der Waals surface area contributed by atoms with Crippen LogP contribution in [0.25, 0.3) is 0 Å². The van der Waals surface area contributed by atoms with Crippen LogP contribution in [-0.2, 0) is 4.79 Å². The van der Waals surface area contributed by atoms with Gasteiger partial charge in [0, 0.05) is 5.57 Å². The summed E-state index contributed by atoms with van der Waals surface area (Å²) in [4.78, 5) is 10.9. The van der Waals surface area contributed by atoms with E-state index in [9.17, 15) is 15.0 Å². The molecule has 1 aliphatic rings. The number of allylic oxidation sites excluding steroid dienone is 1. The average Bonchev–Trinajstić information content (AvgIpc) is 1.82. The lowest BCUT2D eigenvalue weighted by molar-refractivity contribution is -0.312. The summed E-state index contributed by atoms with van der Waals surface area (Å²) in [6.07, 6.45) is 0.0887. The molecule has 0 heterocycles. The van der Waals surface area contributed by atoms with Gasteiger partial charge in [-0.25, -0.2) is 0 Å². The number of hydrogen-bond acceptors (Lipinski definition) is 3. The molecule has 0 bridgehead atoms. The lowest BCUT2D eigenvalue weighted by Gasteiger charge is -2.31. The highest BCUT2D eigenvalue weighted by Gasteiger charge is 2.23. The lowest BCUT2D eigenvalue weighted by Crippen LogP contribution is -2.30. The van der Waals surface area contributed by atoms with Crippen LogP contribution in [0.15, 0.2) is 11.3 Å². The van der Waals surface area contributed by atoms with Gasteiger partial charge >= 0.3 is 0 Å². The number of carbonyl (C=O) groups is 1. The van der Waals surface area contributed by atoms with Crippen molar-refractivity contribution in [1.82, 2.24) is 0 Å². The van der Waals surface area contributed by atoms with Crippen molar-refractivity contribution >= 4 is 5.78 Å². The summed E-state index contributed by atoms with van der Waals surface area (Å²) < 4.78 is 0. The number of rotatable bonds is 1. The van der Waals surface area contributed by atoms with Crippen LogP contribution in [-0.4, -0.2) is 17.0 Å². The Morgan fingerprint density at radius 1 is 1.67 bits per heavy atom. The lowest BCUT2D eigenvalue weighted by atomic mass is 9.86. The standard InChI is InChI=1S/C9H14O3/c1-5-3-7(11)9(6(2)10)8(12)4-5/h5,7,11-12H,3-4H2,1-2H3/p-1. The van der Waals surface area contributed by atoms with Crippen LogP contribution >= 0.6 is 0 Å². The first-order chi connectivity index (χ1) is 5.52. The quantitative estimate of drug-likeness (QED) is 0.600. The normalized spacial score (nSPS) is 30.6. The molecule has 0 radical (unpaired) electrons. The van der Waals surface area contributed by atoms with Gasteiger partial charge in [-0.05, 0) is 25.7 Å². The van der Waals surface area contributed by atoms with Crippen LogP contribution in [0.3, 0.4) is 0 Å². The molecule has 68 valence electrons. The minimum Gasteiger partial charge on any atom is -0.875 e. The smallest absolute Gasteiger partial charge is 0.157 e. The second-order valence-corrected chi connectivity index (χ2v) is 3.45. The number of carbonyl (C=O) groups excluding carboxylic acids is 1. The molecule has 2 unspecified atom stereocenters. The molecule has 0 aromatic carbocycles. The van der Waals surface area contributed by atoms with E-state index in [1.165, 1.54) is 6.92 Å². The fourth-order valence-electron chi connectivity index (χ4n) is 1.63. The molecule has 1 N–H and O–H groups in total. The summed E-state index contributed by atoms with van der Waals surface area (Å²) in [7, 11) is 0. The van der Waals surface area contributed by atoms with E-state index in [4.69, 9.17) is 0 Å². The fourth-order valence-corrected chi connectivity index (χ4v) is 1.63. The summed E-state index contributed by atoms with van der Waals surface area (Å²) >= 11 is 0. The molecule has 3 heteroatoms. The van der Waals surface area contributed by atoms with Gasteiger partial charge in [0.2, 0.25) is 0 Å². The average molecular weight is 169 g/mol. The second-order valence-electron chi connectivity index (χ2n) is 3.45. The number of ketones is 1. The van der Waals surface area contributed by atoms with Crippen LogP contribution in [0.1, 0.15) is 26.7 Å². The summed E-state index contributed by atoms with van der Waals surface area (Å²) in [5, 5.41) is 20.6. The first-order valence-electron chi connectivity index (χ1n) is 4.11. The first-order valence-corrected chi connectivity index (χ1v) is 4.11. The molecule has 0 spiro atoms. The Balaban J connectivity index is 2.93. The van der Waals surface area contributed by atoms with Crippen molar-refractivity contribution in [3.63, 3.8) is 0 Å². The molecule has 0 aromatic rings. The van der Waals surface area contributed by atoms with Crippen LogP contribution in [0, 0.1) is 5.92 Å². The van der Waals surface area contributed by atoms with E-state index in [1.807, 2.05) is 6.92 Å². The number of Topliss-reactive ketones (excluding diaryl/α,β-unsaturated/α-hetero) is 1. The van der Waals surface area contributed by atoms with Crippen molar-refractivity contribution in [2.45, 2.75) is 32.8 Å². The van der Waals surface area contributed by atoms with Crippen molar-refractivity contribution in [1.29, 1.82) is 0 Å². The van der Waals surface area contributed by atoms with Gasteiger partial charge in [0.15, 0.2) is 5.78 Å². The Morgan fingerprint density at radius 3 is 2.67 bits per heavy atom. The van der Waals surface area contributed by atoms with Gasteiger partial charge in [-0.1, -0.05) is 6.92 Å². The van der Waals surface area contributed by atoms with Gasteiger partial charge in [-0.3, -0.25) is 4.79 Å². The summed E-state index contributed by atoms with van der Waals surface area (Å²) in [5.74, 6) is -0.288. The van der Waals surface area contributed by atoms with E-state index in [0.717, 1.165) is 0 Å². The molecule has 3 nitrogen and oxygen atoms in total. The Morgan fingerprint density at radius 2 is 2.25 bits per heavy atom. The number of aliphatic hydroxyl groups is 1. The number of hydrogen-bond donors (Lipinski definition) is 1. The molecular weight excluding hydrogens is 156 g/mol. The predicted octanol–water partition coefficient (Wildman–Crippen LogP) is -0.0194. The van der Waals surface area contributed by atoms with Crippen molar-refractivity contribution in [2.75, 3.05) is 0 Å². The minimum absolute atomic E-state index is 0.0908. The zero-order valence-electron chi connectivity index (χ0n) is 7.33. The maximum absolute atomic E-state index is 11.2. The molecule has 0 saturated heterocycles. The van der Waals surface area contributed by atoms with Gasteiger partial charge in [-0.2, -0.15) is 0 Å². The minimum atomic E-state index is -0.834. The molecular formula is C9H13O3-.